The molecule has 1 aromatic rings. The van der Waals surface area contributed by atoms with Crippen LogP contribution in [-0.4, -0.2) is 103 Å². The standard InChI is InChI=1S/C37H51BrN2O11/c1-11-26-37(8)30(40(35(45)51-37)24-14-12-23(38)13-15-24)20(4)27(41)18(2)17-36(7,46-10)31(21(5)28(42)22(6)32(43)48-26)50-33-29-25(16-19(3)47-33)39(9)34(44)49-29/h12-15,18-22,25-26,29-31,33H,11,16-17H2,1-10H3/t18-,19-,20+,21+,22-,25+,26-,29?,30-,31-,33?,36-,37-/m1/s1. The Labute approximate surface area is 308 Å². The van der Waals surface area contributed by atoms with Gasteiger partial charge in [-0.05, 0) is 71.2 Å². The van der Waals surface area contributed by atoms with E-state index >= 15 is 0 Å². The third kappa shape index (κ3) is 7.05. The number of methoxy groups -OCH3 is 1. The lowest BCUT2D eigenvalue weighted by Crippen LogP contribution is -2.59. The van der Waals surface area contributed by atoms with Crippen LogP contribution in [-0.2, 0) is 42.8 Å². The highest BCUT2D eigenvalue weighted by atomic mass is 79.9. The lowest BCUT2D eigenvalue weighted by atomic mass is 9.73. The average molecular weight is 780 g/mol. The van der Waals surface area contributed by atoms with Gasteiger partial charge in [-0.1, -0.05) is 43.6 Å². The quantitative estimate of drug-likeness (QED) is 0.207. The molecule has 5 rings (SSSR count). The summed E-state index contributed by atoms with van der Waals surface area (Å²) >= 11 is 3.44. The molecule has 4 aliphatic rings. The molecule has 51 heavy (non-hydrogen) atoms. The number of Topliss-reactive ketones (excluding diaryl/α,β-unsaturated/α-hetero) is 2. The molecule has 4 saturated heterocycles. The van der Waals surface area contributed by atoms with E-state index in [-0.39, 0.29) is 30.8 Å². The number of ketones is 2. The number of amides is 2. The van der Waals surface area contributed by atoms with Gasteiger partial charge >= 0.3 is 18.2 Å². The van der Waals surface area contributed by atoms with Gasteiger partial charge in [-0.3, -0.25) is 19.3 Å². The average Bonchev–Trinajstić information content (AvgIpc) is 3.54. The number of cyclic esters (lactones) is 1. The van der Waals surface area contributed by atoms with E-state index in [1.807, 2.05) is 6.92 Å². The number of rotatable bonds is 5. The number of fused-ring (bicyclic) bond motifs is 2. The molecule has 14 heteroatoms. The minimum atomic E-state index is -1.45. The number of halogens is 1. The molecule has 0 N–H and O–H groups in total. The summed E-state index contributed by atoms with van der Waals surface area (Å²) < 4.78 is 37.7. The Kier molecular flexibility index (Phi) is 11.3. The van der Waals surface area contributed by atoms with E-state index in [1.165, 1.54) is 23.8 Å². The molecule has 4 heterocycles. The Morgan fingerprint density at radius 3 is 2.18 bits per heavy atom. The van der Waals surface area contributed by atoms with Crippen molar-refractivity contribution in [1.82, 2.24) is 4.90 Å². The molecule has 4 fully saturated rings. The molecule has 0 saturated carbocycles. The molecule has 0 aliphatic carbocycles. The number of carbonyl (C=O) groups excluding carboxylic acids is 5. The van der Waals surface area contributed by atoms with Crippen LogP contribution in [0.2, 0.25) is 0 Å². The van der Waals surface area contributed by atoms with Gasteiger partial charge in [0.05, 0.1) is 29.9 Å². The van der Waals surface area contributed by atoms with Crippen LogP contribution in [0, 0.1) is 23.7 Å². The van der Waals surface area contributed by atoms with Crippen LogP contribution < -0.4 is 4.90 Å². The summed E-state index contributed by atoms with van der Waals surface area (Å²) in [6.07, 6.45) is -4.47. The van der Waals surface area contributed by atoms with Gasteiger partial charge in [0.15, 0.2) is 23.8 Å². The first-order chi connectivity index (χ1) is 23.9. The predicted molar refractivity (Wildman–Crippen MR) is 188 cm³/mol. The van der Waals surface area contributed by atoms with E-state index in [9.17, 15) is 24.0 Å². The molecule has 2 amide bonds. The SMILES string of the molecule is CC[C@H]1OC(=O)[C@H](C)C(=O)[C@H](C)[C@@H](OC2O[C@H](C)C[C@H]3C2OC(=O)N3C)[C@](C)(OC)C[C@@H](C)C(=O)[C@H](C)[C@H]2N(c3ccc(Br)cc3)C(=O)O[C@]12C. The number of anilines is 1. The number of ether oxygens (including phenoxy) is 6. The van der Waals surface area contributed by atoms with Crippen molar-refractivity contribution >= 4 is 51.3 Å². The first-order valence-corrected chi connectivity index (χ1v) is 18.5. The number of likely N-dealkylation sites (N-methyl/N-ethyl adjacent to an activating group) is 1. The monoisotopic (exact) mass is 778 g/mol. The smallest absolute Gasteiger partial charge is 0.415 e. The highest BCUT2D eigenvalue weighted by Gasteiger charge is 2.61. The second-order valence-electron chi connectivity index (χ2n) is 15.0. The molecule has 2 unspecified atom stereocenters. The van der Waals surface area contributed by atoms with Gasteiger partial charge in [0.1, 0.15) is 17.8 Å². The van der Waals surface area contributed by atoms with Gasteiger partial charge in [0.2, 0.25) is 0 Å². The normalized spacial score (nSPS) is 41.0. The van der Waals surface area contributed by atoms with Crippen molar-refractivity contribution in [3.8, 4) is 0 Å². The summed E-state index contributed by atoms with van der Waals surface area (Å²) in [6, 6.07) is 5.88. The van der Waals surface area contributed by atoms with Crippen molar-refractivity contribution in [3.63, 3.8) is 0 Å². The molecule has 13 atom stereocenters. The lowest BCUT2D eigenvalue weighted by Gasteiger charge is -2.46. The van der Waals surface area contributed by atoms with Crippen LogP contribution in [0.4, 0.5) is 15.3 Å². The summed E-state index contributed by atoms with van der Waals surface area (Å²) in [5.41, 5.74) is -2.22. The van der Waals surface area contributed by atoms with E-state index in [0.717, 1.165) is 4.47 Å². The van der Waals surface area contributed by atoms with E-state index < -0.39 is 89.5 Å². The fourth-order valence-corrected chi connectivity index (χ4v) is 8.82. The van der Waals surface area contributed by atoms with Crippen molar-refractivity contribution in [2.75, 3.05) is 19.1 Å². The Morgan fingerprint density at radius 1 is 0.922 bits per heavy atom. The molecule has 13 nitrogen and oxygen atoms in total. The Bertz CT molecular complexity index is 1520. The number of nitrogens with zero attached hydrogens (tertiary/aromatic N) is 2. The van der Waals surface area contributed by atoms with Crippen molar-refractivity contribution in [2.24, 2.45) is 23.7 Å². The fraction of sp³-hybridized carbons (Fsp3) is 0.703. The van der Waals surface area contributed by atoms with Crippen molar-refractivity contribution in [1.29, 1.82) is 0 Å². The molecular weight excluding hydrogens is 728 g/mol. The lowest BCUT2D eigenvalue weighted by molar-refractivity contribution is -0.284. The molecule has 0 bridgehead atoms. The Morgan fingerprint density at radius 2 is 1.57 bits per heavy atom. The second kappa shape index (κ2) is 14.7. The van der Waals surface area contributed by atoms with E-state index in [4.69, 9.17) is 28.4 Å². The first-order valence-electron chi connectivity index (χ1n) is 17.7. The maximum atomic E-state index is 14.6. The van der Waals surface area contributed by atoms with Gasteiger partial charge in [-0.2, -0.15) is 0 Å². The van der Waals surface area contributed by atoms with Gasteiger partial charge in [0.25, 0.3) is 0 Å². The maximum Gasteiger partial charge on any atom is 0.415 e. The maximum absolute atomic E-state index is 14.6. The predicted octanol–water partition coefficient (Wildman–Crippen LogP) is 5.69. The molecule has 1 aromatic carbocycles. The van der Waals surface area contributed by atoms with Gasteiger partial charge in [-0.15, -0.1) is 0 Å². The van der Waals surface area contributed by atoms with Crippen LogP contribution in [0.5, 0.6) is 0 Å². The fourth-order valence-electron chi connectivity index (χ4n) is 8.56. The summed E-state index contributed by atoms with van der Waals surface area (Å²) in [6.45, 7) is 13.8. The molecule has 4 aliphatic heterocycles. The van der Waals surface area contributed by atoms with Gasteiger partial charge < -0.3 is 33.3 Å². The Hall–Kier alpha value is -3.07. The van der Waals surface area contributed by atoms with Crippen molar-refractivity contribution < 1.29 is 52.4 Å². The van der Waals surface area contributed by atoms with Gasteiger partial charge in [-0.25, -0.2) is 9.59 Å². The van der Waals surface area contributed by atoms with Crippen LogP contribution >= 0.6 is 15.9 Å². The minimum absolute atomic E-state index is 0.109. The number of esters is 1. The van der Waals surface area contributed by atoms with Crippen LogP contribution in [0.25, 0.3) is 0 Å². The summed E-state index contributed by atoms with van der Waals surface area (Å²) in [5, 5.41) is 0. The molecule has 0 aromatic heterocycles. The highest BCUT2D eigenvalue weighted by Crippen LogP contribution is 2.45. The number of hydrogen-bond acceptors (Lipinski definition) is 11. The third-order valence-electron chi connectivity index (χ3n) is 11.5. The molecule has 0 radical (unpaired) electrons. The van der Waals surface area contributed by atoms with Crippen LogP contribution in [0.1, 0.15) is 74.7 Å². The summed E-state index contributed by atoms with van der Waals surface area (Å²) in [4.78, 5) is 72.0. The summed E-state index contributed by atoms with van der Waals surface area (Å²) in [5.74, 6) is -5.13. The van der Waals surface area contributed by atoms with Crippen molar-refractivity contribution in [3.05, 3.63) is 28.7 Å². The van der Waals surface area contributed by atoms with Gasteiger partial charge in [0, 0.05) is 42.1 Å². The molecule has 0 spiro atoms. The van der Waals surface area contributed by atoms with Crippen LogP contribution in [0.3, 0.4) is 0 Å². The third-order valence-corrected chi connectivity index (χ3v) is 12.0. The van der Waals surface area contributed by atoms with Crippen molar-refractivity contribution in [2.45, 2.75) is 129 Å². The van der Waals surface area contributed by atoms with E-state index in [0.29, 0.717) is 12.1 Å². The largest absolute Gasteiger partial charge is 0.458 e. The zero-order valence-corrected chi connectivity index (χ0v) is 32.6. The Balaban J connectivity index is 1.58. The number of benzene rings is 1. The zero-order valence-electron chi connectivity index (χ0n) is 31.0. The summed E-state index contributed by atoms with van der Waals surface area (Å²) in [7, 11) is 3.14. The molecular formula is C37H51BrN2O11. The number of hydrogen-bond donors (Lipinski definition) is 0. The minimum Gasteiger partial charge on any atom is -0.458 e. The van der Waals surface area contributed by atoms with E-state index in [2.05, 4.69) is 15.9 Å². The topological polar surface area (TPSA) is 147 Å². The zero-order chi connectivity index (χ0) is 37.7. The first kappa shape index (κ1) is 39.1. The highest BCUT2D eigenvalue weighted by molar-refractivity contribution is 9.10. The van der Waals surface area contributed by atoms with E-state index in [1.54, 1.807) is 72.9 Å². The van der Waals surface area contributed by atoms with Crippen LogP contribution in [0.15, 0.2) is 28.7 Å². The number of carbonyl (C=O) groups is 5. The second-order valence-corrected chi connectivity index (χ2v) is 16.0. The molecule has 282 valence electrons.